The molecule has 138 valence electrons. The van der Waals surface area contributed by atoms with Crippen LogP contribution >= 0.6 is 0 Å². The average molecular weight is 346 g/mol. The molecule has 2 saturated heterocycles. The van der Waals surface area contributed by atoms with E-state index in [1.807, 2.05) is 0 Å². The van der Waals surface area contributed by atoms with Crippen molar-refractivity contribution in [1.82, 2.24) is 4.90 Å². The van der Waals surface area contributed by atoms with Crippen molar-refractivity contribution in [1.29, 1.82) is 0 Å². The van der Waals surface area contributed by atoms with Crippen molar-refractivity contribution in [2.45, 2.75) is 39.2 Å². The van der Waals surface area contributed by atoms with E-state index in [1.54, 1.807) is 0 Å². The average Bonchev–Trinajstić information content (AvgIpc) is 3.08. The Hall–Kier alpha value is -1.59. The van der Waals surface area contributed by atoms with Gasteiger partial charge in [-0.25, -0.2) is 0 Å². The highest BCUT2D eigenvalue weighted by molar-refractivity contribution is 5.77. The van der Waals surface area contributed by atoms with Gasteiger partial charge in [0.25, 0.3) is 0 Å². The molecule has 0 saturated carbocycles. The Morgan fingerprint density at radius 1 is 1.24 bits per heavy atom. The molecule has 0 spiro atoms. The second-order valence-electron chi connectivity index (χ2n) is 7.38. The van der Waals surface area contributed by atoms with E-state index in [-0.39, 0.29) is 17.9 Å². The number of hydrogen-bond donors (Lipinski definition) is 1. The quantitative estimate of drug-likeness (QED) is 0.858. The van der Waals surface area contributed by atoms with E-state index >= 15 is 0 Å². The lowest BCUT2D eigenvalue weighted by molar-refractivity contribution is -0.124. The van der Waals surface area contributed by atoms with Crippen molar-refractivity contribution in [2.75, 3.05) is 32.8 Å². The Morgan fingerprint density at radius 2 is 1.92 bits per heavy atom. The molecule has 0 radical (unpaired) electrons. The molecule has 1 aromatic carbocycles. The van der Waals surface area contributed by atoms with Crippen LogP contribution in [0.2, 0.25) is 0 Å². The minimum absolute atomic E-state index is 0.0329. The molecule has 3 rings (SSSR count). The fraction of sp³-hybridized carbons (Fsp3) is 0.650. The molecule has 2 fully saturated rings. The zero-order chi connectivity index (χ0) is 17.8. The molecule has 0 aliphatic carbocycles. The summed E-state index contributed by atoms with van der Waals surface area (Å²) in [5.41, 5.74) is 7.90. The largest absolute Gasteiger partial charge is 0.492 e. The van der Waals surface area contributed by atoms with E-state index in [1.165, 1.54) is 11.1 Å². The predicted molar refractivity (Wildman–Crippen MR) is 97.6 cm³/mol. The van der Waals surface area contributed by atoms with E-state index in [0.29, 0.717) is 19.1 Å². The van der Waals surface area contributed by atoms with Crippen molar-refractivity contribution in [3.05, 3.63) is 29.3 Å². The number of piperidine rings is 1. The van der Waals surface area contributed by atoms with Crippen LogP contribution in [-0.4, -0.2) is 49.8 Å². The summed E-state index contributed by atoms with van der Waals surface area (Å²) in [7, 11) is 0. The van der Waals surface area contributed by atoms with E-state index in [0.717, 1.165) is 44.6 Å². The maximum absolute atomic E-state index is 11.6. The van der Waals surface area contributed by atoms with Gasteiger partial charge in [-0.05, 0) is 63.2 Å². The molecule has 0 unspecified atom stereocenters. The second kappa shape index (κ2) is 8.19. The maximum Gasteiger partial charge on any atom is 0.223 e. The van der Waals surface area contributed by atoms with E-state index in [2.05, 4.69) is 36.9 Å². The third-order valence-corrected chi connectivity index (χ3v) is 5.66. The van der Waals surface area contributed by atoms with Crippen LogP contribution < -0.4 is 10.5 Å². The minimum Gasteiger partial charge on any atom is -0.492 e. The Bertz CT molecular complexity index is 576. The number of likely N-dealkylation sites (tertiary alicyclic amines) is 1. The van der Waals surface area contributed by atoms with Crippen LogP contribution in [0, 0.1) is 25.7 Å². The zero-order valence-electron chi connectivity index (χ0n) is 15.4. The number of hydrogen-bond acceptors (Lipinski definition) is 4. The number of benzene rings is 1. The van der Waals surface area contributed by atoms with Gasteiger partial charge in [0, 0.05) is 13.2 Å². The molecular weight excluding hydrogens is 316 g/mol. The summed E-state index contributed by atoms with van der Waals surface area (Å²) in [6.07, 6.45) is 2.95. The van der Waals surface area contributed by atoms with Gasteiger partial charge in [-0.1, -0.05) is 18.2 Å². The van der Waals surface area contributed by atoms with Gasteiger partial charge in [0.2, 0.25) is 5.91 Å². The lowest BCUT2D eigenvalue weighted by Crippen LogP contribution is -2.43. The van der Waals surface area contributed by atoms with Crippen molar-refractivity contribution in [3.8, 4) is 5.75 Å². The molecule has 0 aromatic heterocycles. The summed E-state index contributed by atoms with van der Waals surface area (Å²) in [5.74, 6) is 1.17. The summed E-state index contributed by atoms with van der Waals surface area (Å²) < 4.78 is 11.8. The van der Waals surface area contributed by atoms with Gasteiger partial charge < -0.3 is 15.2 Å². The van der Waals surface area contributed by atoms with Crippen LogP contribution in [0.1, 0.15) is 30.4 Å². The summed E-state index contributed by atoms with van der Waals surface area (Å²) >= 11 is 0. The van der Waals surface area contributed by atoms with Crippen molar-refractivity contribution >= 4 is 5.91 Å². The first-order chi connectivity index (χ1) is 12.1. The first kappa shape index (κ1) is 18.2. The first-order valence-electron chi connectivity index (χ1n) is 9.38. The first-order valence-corrected chi connectivity index (χ1v) is 9.38. The number of ether oxygens (including phenoxy) is 2. The maximum atomic E-state index is 11.6. The van der Waals surface area contributed by atoms with Gasteiger partial charge in [-0.3, -0.25) is 9.69 Å². The van der Waals surface area contributed by atoms with Crippen LogP contribution in [0.25, 0.3) is 0 Å². The smallest absolute Gasteiger partial charge is 0.223 e. The van der Waals surface area contributed by atoms with Gasteiger partial charge in [0.15, 0.2) is 0 Å². The van der Waals surface area contributed by atoms with E-state index in [9.17, 15) is 4.79 Å². The van der Waals surface area contributed by atoms with Crippen LogP contribution in [-0.2, 0) is 9.53 Å². The zero-order valence-corrected chi connectivity index (χ0v) is 15.4. The molecule has 2 aliphatic rings. The number of aryl methyl sites for hydroxylation is 2. The van der Waals surface area contributed by atoms with E-state index in [4.69, 9.17) is 15.2 Å². The van der Waals surface area contributed by atoms with E-state index < -0.39 is 0 Å². The standard InChI is InChI=1S/C20H30N2O3/c1-14-4-3-5-15(2)18(14)25-13-11-22-9-6-16(7-10-22)19-17(20(21)23)8-12-24-19/h3-5,16-17,19H,6-13H2,1-2H3,(H2,21,23)/t17-,19+/m0/s1. The number of amides is 1. The Balaban J connectivity index is 1.43. The normalized spacial score (nSPS) is 25.2. The van der Waals surface area contributed by atoms with Gasteiger partial charge in [0.1, 0.15) is 12.4 Å². The number of nitrogens with two attached hydrogens (primary N) is 1. The highest BCUT2D eigenvalue weighted by Gasteiger charge is 2.39. The molecule has 1 amide bonds. The Morgan fingerprint density at radius 3 is 2.56 bits per heavy atom. The van der Waals surface area contributed by atoms with Crippen molar-refractivity contribution < 1.29 is 14.3 Å². The molecule has 2 heterocycles. The molecule has 1 aromatic rings. The fourth-order valence-electron chi connectivity index (χ4n) is 4.19. The molecule has 5 nitrogen and oxygen atoms in total. The summed E-state index contributed by atoms with van der Waals surface area (Å²) in [4.78, 5) is 14.0. The topological polar surface area (TPSA) is 64.8 Å². The third-order valence-electron chi connectivity index (χ3n) is 5.66. The molecule has 2 atom stereocenters. The van der Waals surface area contributed by atoms with Gasteiger partial charge in [-0.15, -0.1) is 0 Å². The monoisotopic (exact) mass is 346 g/mol. The molecule has 0 bridgehead atoms. The lowest BCUT2D eigenvalue weighted by atomic mass is 9.84. The van der Waals surface area contributed by atoms with Crippen molar-refractivity contribution in [3.63, 3.8) is 0 Å². The third kappa shape index (κ3) is 4.33. The summed E-state index contributed by atoms with van der Waals surface area (Å²) in [6.45, 7) is 8.56. The molecule has 2 aliphatic heterocycles. The van der Waals surface area contributed by atoms with Gasteiger partial charge in [-0.2, -0.15) is 0 Å². The van der Waals surface area contributed by atoms with Gasteiger partial charge >= 0.3 is 0 Å². The second-order valence-corrected chi connectivity index (χ2v) is 7.38. The lowest BCUT2D eigenvalue weighted by Gasteiger charge is -2.35. The highest BCUT2D eigenvalue weighted by atomic mass is 16.5. The number of carbonyl (C=O) groups is 1. The number of primary amides is 1. The van der Waals surface area contributed by atoms with Gasteiger partial charge in [0.05, 0.1) is 12.0 Å². The Kier molecular flexibility index (Phi) is 5.97. The highest BCUT2D eigenvalue weighted by Crippen LogP contribution is 2.33. The summed E-state index contributed by atoms with van der Waals surface area (Å²) in [5, 5.41) is 0. The fourth-order valence-corrected chi connectivity index (χ4v) is 4.19. The van der Waals surface area contributed by atoms with Crippen molar-refractivity contribution in [2.24, 2.45) is 17.6 Å². The summed E-state index contributed by atoms with van der Waals surface area (Å²) in [6, 6.07) is 6.24. The van der Waals surface area contributed by atoms with Crippen LogP contribution in [0.15, 0.2) is 18.2 Å². The van der Waals surface area contributed by atoms with Crippen LogP contribution in [0.4, 0.5) is 0 Å². The SMILES string of the molecule is Cc1cccc(C)c1OCCN1CCC([C@H]2OCC[C@@H]2C(N)=O)CC1. The number of para-hydroxylation sites is 1. The number of nitrogens with zero attached hydrogens (tertiary/aromatic N) is 1. The molecule has 25 heavy (non-hydrogen) atoms. The molecule has 2 N–H and O–H groups in total. The Labute approximate surface area is 150 Å². The number of carbonyl (C=O) groups excluding carboxylic acids is 1. The number of rotatable bonds is 6. The molecule has 5 heteroatoms. The van der Waals surface area contributed by atoms with Crippen LogP contribution in [0.3, 0.4) is 0 Å². The predicted octanol–water partition coefficient (Wildman–Crippen LogP) is 2.28. The molecular formula is C20H30N2O3. The minimum atomic E-state index is -0.202. The van der Waals surface area contributed by atoms with Crippen LogP contribution in [0.5, 0.6) is 5.75 Å².